The topological polar surface area (TPSA) is 46.5 Å². The third-order valence-electron chi connectivity index (χ3n) is 3.65. The summed E-state index contributed by atoms with van der Waals surface area (Å²) in [6.07, 6.45) is 1.89. The fourth-order valence-corrected chi connectivity index (χ4v) is 2.84. The zero-order valence-corrected chi connectivity index (χ0v) is 11.1. The van der Waals surface area contributed by atoms with E-state index in [-0.39, 0.29) is 22.8 Å². The quantitative estimate of drug-likeness (QED) is 0.816. The second kappa shape index (κ2) is 4.63. The van der Waals surface area contributed by atoms with Crippen LogP contribution in [-0.4, -0.2) is 17.2 Å². The fraction of sp³-hybridized carbons (Fsp3) is 0.533. The Morgan fingerprint density at radius 1 is 1.33 bits per heavy atom. The Labute approximate surface area is 108 Å². The van der Waals surface area contributed by atoms with E-state index in [2.05, 4.69) is 20.8 Å². The summed E-state index contributed by atoms with van der Waals surface area (Å²) in [5.41, 5.74) is 0.470. The average Bonchev–Trinajstić information content (AvgIpc) is 2.52. The van der Waals surface area contributed by atoms with Crippen molar-refractivity contribution in [2.75, 3.05) is 0 Å². The standard InChI is InChI=1S/C15H20O3/c1-10-8-15(2,3)9-13(10)18-14(17)11-6-4-5-7-12(11)16/h4-7,10,13,16H,8-9H2,1-3H3. The molecule has 3 heteroatoms. The molecule has 0 bridgehead atoms. The van der Waals surface area contributed by atoms with Gasteiger partial charge in [0.1, 0.15) is 17.4 Å². The van der Waals surface area contributed by atoms with E-state index in [9.17, 15) is 9.90 Å². The lowest BCUT2D eigenvalue weighted by Crippen LogP contribution is -2.21. The van der Waals surface area contributed by atoms with Gasteiger partial charge in [0.05, 0.1) is 0 Å². The lowest BCUT2D eigenvalue weighted by atomic mass is 9.91. The minimum Gasteiger partial charge on any atom is -0.507 e. The van der Waals surface area contributed by atoms with Crippen LogP contribution in [0.15, 0.2) is 24.3 Å². The van der Waals surface area contributed by atoms with Gasteiger partial charge in [-0.15, -0.1) is 0 Å². The van der Waals surface area contributed by atoms with Crippen LogP contribution in [0.25, 0.3) is 0 Å². The van der Waals surface area contributed by atoms with Gasteiger partial charge in [-0.05, 0) is 36.3 Å². The highest BCUT2D eigenvalue weighted by molar-refractivity contribution is 5.92. The molecule has 1 N–H and O–H groups in total. The molecule has 0 aliphatic heterocycles. The second-order valence-corrected chi connectivity index (χ2v) is 6.01. The first-order chi connectivity index (χ1) is 8.39. The van der Waals surface area contributed by atoms with Crippen molar-refractivity contribution in [2.24, 2.45) is 11.3 Å². The van der Waals surface area contributed by atoms with Crippen molar-refractivity contribution in [1.82, 2.24) is 0 Å². The monoisotopic (exact) mass is 248 g/mol. The smallest absolute Gasteiger partial charge is 0.342 e. The highest BCUT2D eigenvalue weighted by Crippen LogP contribution is 2.42. The summed E-state index contributed by atoms with van der Waals surface area (Å²) in [5, 5.41) is 9.62. The predicted molar refractivity (Wildman–Crippen MR) is 69.5 cm³/mol. The summed E-state index contributed by atoms with van der Waals surface area (Å²) >= 11 is 0. The van der Waals surface area contributed by atoms with E-state index in [1.807, 2.05) is 0 Å². The van der Waals surface area contributed by atoms with Crippen LogP contribution in [0, 0.1) is 11.3 Å². The number of ether oxygens (including phenoxy) is 1. The molecule has 0 heterocycles. The summed E-state index contributed by atoms with van der Waals surface area (Å²) in [7, 11) is 0. The average molecular weight is 248 g/mol. The van der Waals surface area contributed by atoms with E-state index in [4.69, 9.17) is 4.74 Å². The van der Waals surface area contributed by atoms with E-state index in [1.54, 1.807) is 18.2 Å². The SMILES string of the molecule is CC1CC(C)(C)CC1OC(=O)c1ccccc1O. The zero-order chi connectivity index (χ0) is 13.3. The number of carbonyl (C=O) groups excluding carboxylic acids is 1. The molecule has 0 aromatic heterocycles. The molecular weight excluding hydrogens is 228 g/mol. The van der Waals surface area contributed by atoms with Crippen molar-refractivity contribution in [1.29, 1.82) is 0 Å². The lowest BCUT2D eigenvalue weighted by Gasteiger charge is -2.18. The van der Waals surface area contributed by atoms with Crippen LogP contribution in [0.4, 0.5) is 0 Å². The molecule has 1 aliphatic rings. The van der Waals surface area contributed by atoms with Crippen LogP contribution in [-0.2, 0) is 4.74 Å². The fourth-order valence-electron chi connectivity index (χ4n) is 2.84. The van der Waals surface area contributed by atoms with Crippen molar-refractivity contribution in [3.8, 4) is 5.75 Å². The van der Waals surface area contributed by atoms with E-state index >= 15 is 0 Å². The van der Waals surface area contributed by atoms with Crippen LogP contribution >= 0.6 is 0 Å². The minimum absolute atomic E-state index is 0.0209. The Bertz CT molecular complexity index is 451. The molecule has 1 aromatic rings. The summed E-state index contributed by atoms with van der Waals surface area (Å²) in [6, 6.07) is 6.49. The van der Waals surface area contributed by atoms with Gasteiger partial charge in [0.15, 0.2) is 0 Å². The normalized spacial score (nSPS) is 25.9. The first-order valence-corrected chi connectivity index (χ1v) is 6.38. The zero-order valence-electron chi connectivity index (χ0n) is 11.1. The van der Waals surface area contributed by atoms with Gasteiger partial charge in [0.25, 0.3) is 0 Å². The Morgan fingerprint density at radius 2 is 2.00 bits per heavy atom. The van der Waals surface area contributed by atoms with Crippen LogP contribution in [0.3, 0.4) is 0 Å². The minimum atomic E-state index is -0.428. The van der Waals surface area contributed by atoms with E-state index in [0.717, 1.165) is 12.8 Å². The molecule has 98 valence electrons. The van der Waals surface area contributed by atoms with E-state index in [1.165, 1.54) is 6.07 Å². The maximum atomic E-state index is 12.0. The summed E-state index contributed by atoms with van der Waals surface area (Å²) in [5.74, 6) is -0.0788. The maximum Gasteiger partial charge on any atom is 0.342 e. The van der Waals surface area contributed by atoms with Crippen molar-refractivity contribution >= 4 is 5.97 Å². The Balaban J connectivity index is 2.07. The van der Waals surface area contributed by atoms with Gasteiger partial charge in [0.2, 0.25) is 0 Å². The van der Waals surface area contributed by atoms with Gasteiger partial charge in [-0.3, -0.25) is 0 Å². The Hall–Kier alpha value is -1.51. The molecule has 2 atom stereocenters. The summed E-state index contributed by atoms with van der Waals surface area (Å²) in [4.78, 5) is 12.0. The molecule has 2 rings (SSSR count). The van der Waals surface area contributed by atoms with E-state index < -0.39 is 5.97 Å². The Morgan fingerprint density at radius 3 is 2.56 bits per heavy atom. The third-order valence-corrected chi connectivity index (χ3v) is 3.65. The van der Waals surface area contributed by atoms with Crippen molar-refractivity contribution in [3.63, 3.8) is 0 Å². The number of para-hydroxylation sites is 1. The van der Waals surface area contributed by atoms with Gasteiger partial charge < -0.3 is 9.84 Å². The van der Waals surface area contributed by atoms with Gasteiger partial charge in [-0.1, -0.05) is 32.9 Å². The highest BCUT2D eigenvalue weighted by Gasteiger charge is 2.39. The molecule has 0 radical (unpaired) electrons. The van der Waals surface area contributed by atoms with Crippen LogP contribution in [0.2, 0.25) is 0 Å². The van der Waals surface area contributed by atoms with Gasteiger partial charge in [-0.25, -0.2) is 4.79 Å². The maximum absolute atomic E-state index is 12.0. The number of rotatable bonds is 2. The Kier molecular flexibility index (Phi) is 3.33. The van der Waals surface area contributed by atoms with Gasteiger partial charge >= 0.3 is 5.97 Å². The number of aromatic hydroxyl groups is 1. The van der Waals surface area contributed by atoms with Gasteiger partial charge in [-0.2, -0.15) is 0 Å². The largest absolute Gasteiger partial charge is 0.507 e. The summed E-state index contributed by atoms with van der Waals surface area (Å²) < 4.78 is 5.53. The lowest BCUT2D eigenvalue weighted by molar-refractivity contribution is 0.0209. The second-order valence-electron chi connectivity index (χ2n) is 6.01. The number of hydrogen-bond donors (Lipinski definition) is 1. The number of benzene rings is 1. The van der Waals surface area contributed by atoms with Crippen molar-refractivity contribution < 1.29 is 14.6 Å². The molecule has 0 saturated heterocycles. The molecule has 0 spiro atoms. The molecule has 18 heavy (non-hydrogen) atoms. The predicted octanol–water partition coefficient (Wildman–Crippen LogP) is 3.37. The molecule has 2 unspecified atom stereocenters. The van der Waals surface area contributed by atoms with Crippen LogP contribution in [0.1, 0.15) is 44.0 Å². The van der Waals surface area contributed by atoms with E-state index in [0.29, 0.717) is 5.92 Å². The number of phenols is 1. The molecule has 1 saturated carbocycles. The molecule has 3 nitrogen and oxygen atoms in total. The highest BCUT2D eigenvalue weighted by atomic mass is 16.5. The number of phenolic OH excluding ortho intramolecular Hbond substituents is 1. The van der Waals surface area contributed by atoms with Crippen molar-refractivity contribution in [2.45, 2.75) is 39.7 Å². The van der Waals surface area contributed by atoms with Crippen LogP contribution < -0.4 is 0 Å². The first kappa shape index (κ1) is 12.9. The molecule has 1 aliphatic carbocycles. The van der Waals surface area contributed by atoms with Crippen molar-refractivity contribution in [3.05, 3.63) is 29.8 Å². The summed E-state index contributed by atoms with van der Waals surface area (Å²) in [6.45, 7) is 6.49. The molecular formula is C15H20O3. The van der Waals surface area contributed by atoms with Gasteiger partial charge in [0, 0.05) is 0 Å². The number of esters is 1. The molecule has 0 amide bonds. The number of hydrogen-bond acceptors (Lipinski definition) is 3. The third kappa shape index (κ3) is 2.66. The first-order valence-electron chi connectivity index (χ1n) is 6.38. The van der Waals surface area contributed by atoms with Crippen LogP contribution in [0.5, 0.6) is 5.75 Å². The number of carbonyl (C=O) groups is 1. The molecule has 1 fully saturated rings. The molecule has 1 aromatic carbocycles.